The fourth-order valence-corrected chi connectivity index (χ4v) is 4.02. The van der Waals surface area contributed by atoms with Crippen LogP contribution in [0.15, 0.2) is 48.5 Å². The number of aryl methyl sites for hydroxylation is 2. The van der Waals surface area contributed by atoms with Crippen molar-refractivity contribution in [3.05, 3.63) is 77.0 Å². The second-order valence-electron chi connectivity index (χ2n) is 8.06. The summed E-state index contributed by atoms with van der Waals surface area (Å²) in [7, 11) is 1.61. The number of benzene rings is 2. The number of nitrogens with one attached hydrogen (secondary N) is 1. The third-order valence-electron chi connectivity index (χ3n) is 5.84. The number of carbonyl (C=O) groups excluding carboxylic acids is 1. The Kier molecular flexibility index (Phi) is 6.72. The Labute approximate surface area is 193 Å². The number of aromatic nitrogens is 2. The van der Waals surface area contributed by atoms with Gasteiger partial charge < -0.3 is 19.9 Å². The Morgan fingerprint density at radius 2 is 1.73 bits per heavy atom. The summed E-state index contributed by atoms with van der Waals surface area (Å²) in [6, 6.07) is 13.9. The molecule has 2 heterocycles. The van der Waals surface area contributed by atoms with Gasteiger partial charge in [-0.3, -0.25) is 0 Å². The number of amides is 2. The summed E-state index contributed by atoms with van der Waals surface area (Å²) >= 11 is 0. The number of anilines is 2. The summed E-state index contributed by atoms with van der Waals surface area (Å²) < 4.78 is 19.5. The average molecular weight is 450 g/mol. The van der Waals surface area contributed by atoms with E-state index in [-0.39, 0.29) is 11.8 Å². The number of hydrogen-bond acceptors (Lipinski definition) is 5. The molecule has 0 spiro atoms. The molecule has 0 aliphatic carbocycles. The lowest BCUT2D eigenvalue weighted by Gasteiger charge is -2.36. The number of halogens is 1. The summed E-state index contributed by atoms with van der Waals surface area (Å²) in [5.74, 6) is 2.00. The van der Waals surface area contributed by atoms with Crippen molar-refractivity contribution in [2.75, 3.05) is 43.5 Å². The van der Waals surface area contributed by atoms with Crippen molar-refractivity contribution >= 4 is 17.5 Å². The lowest BCUT2D eigenvalue weighted by molar-refractivity contribution is 0.208. The van der Waals surface area contributed by atoms with Gasteiger partial charge in [-0.15, -0.1) is 0 Å². The average Bonchev–Trinajstić information content (AvgIpc) is 2.82. The Hall–Kier alpha value is -3.68. The van der Waals surface area contributed by atoms with Crippen LogP contribution < -0.4 is 15.0 Å². The number of methoxy groups -OCH3 is 1. The summed E-state index contributed by atoms with van der Waals surface area (Å²) in [5.41, 5.74) is 3.10. The zero-order valence-corrected chi connectivity index (χ0v) is 19.1. The Balaban J connectivity index is 1.45. The van der Waals surface area contributed by atoms with Gasteiger partial charge in [0.15, 0.2) is 0 Å². The van der Waals surface area contributed by atoms with E-state index in [2.05, 4.69) is 15.2 Å². The molecule has 0 atom stereocenters. The second-order valence-corrected chi connectivity index (χ2v) is 8.06. The smallest absolute Gasteiger partial charge is 0.321 e. The van der Waals surface area contributed by atoms with Crippen molar-refractivity contribution in [3.8, 4) is 5.75 Å². The minimum Gasteiger partial charge on any atom is -0.497 e. The van der Waals surface area contributed by atoms with Crippen LogP contribution in [0.2, 0.25) is 0 Å². The molecule has 1 fully saturated rings. The van der Waals surface area contributed by atoms with E-state index in [0.29, 0.717) is 44.0 Å². The van der Waals surface area contributed by atoms with Gasteiger partial charge in [-0.2, -0.15) is 0 Å². The highest BCUT2D eigenvalue weighted by atomic mass is 19.1. The molecule has 3 aromatic rings. The van der Waals surface area contributed by atoms with Crippen molar-refractivity contribution in [2.24, 2.45) is 0 Å². The lowest BCUT2D eigenvalue weighted by atomic mass is 10.0. The van der Waals surface area contributed by atoms with Gasteiger partial charge >= 0.3 is 6.03 Å². The topological polar surface area (TPSA) is 70.6 Å². The largest absolute Gasteiger partial charge is 0.497 e. The maximum Gasteiger partial charge on any atom is 0.321 e. The fourth-order valence-electron chi connectivity index (χ4n) is 4.02. The fraction of sp³-hybridized carbons (Fsp3) is 0.320. The molecule has 7 nitrogen and oxygen atoms in total. The van der Waals surface area contributed by atoms with E-state index >= 15 is 0 Å². The molecule has 0 radical (unpaired) electrons. The van der Waals surface area contributed by atoms with Gasteiger partial charge in [0.25, 0.3) is 0 Å². The van der Waals surface area contributed by atoms with Gasteiger partial charge in [0.05, 0.1) is 7.11 Å². The monoisotopic (exact) mass is 449 g/mol. The molecule has 8 heteroatoms. The summed E-state index contributed by atoms with van der Waals surface area (Å²) in [4.78, 5) is 25.9. The standard InChI is InChI=1S/C25H28FN5O2/c1-17-22(16-19-6-4-5-7-23(19)26)24(28-18(2)27-17)30-12-14-31(15-13-30)25(32)29-20-8-10-21(33-3)11-9-20/h4-11H,12-16H2,1-3H3,(H,29,32). The zero-order valence-electron chi connectivity index (χ0n) is 19.1. The lowest BCUT2D eigenvalue weighted by Crippen LogP contribution is -2.50. The van der Waals surface area contributed by atoms with Gasteiger partial charge in [-0.25, -0.2) is 19.2 Å². The Bertz CT molecular complexity index is 1130. The van der Waals surface area contributed by atoms with E-state index in [1.165, 1.54) is 6.07 Å². The number of ether oxygens (including phenoxy) is 1. The van der Waals surface area contributed by atoms with Crippen LogP contribution in [0.5, 0.6) is 5.75 Å². The van der Waals surface area contributed by atoms with E-state index in [0.717, 1.165) is 28.5 Å². The first-order valence-electron chi connectivity index (χ1n) is 11.0. The molecule has 172 valence electrons. The van der Waals surface area contributed by atoms with Crippen molar-refractivity contribution in [1.29, 1.82) is 0 Å². The van der Waals surface area contributed by atoms with Crippen LogP contribution in [0.3, 0.4) is 0 Å². The molecule has 4 rings (SSSR count). The van der Waals surface area contributed by atoms with Crippen LogP contribution in [0, 0.1) is 19.7 Å². The minimum absolute atomic E-state index is 0.138. The summed E-state index contributed by atoms with van der Waals surface area (Å²) in [5, 5.41) is 2.93. The molecule has 1 aromatic heterocycles. The van der Waals surface area contributed by atoms with Crippen LogP contribution in [0.1, 0.15) is 22.6 Å². The van der Waals surface area contributed by atoms with Crippen LogP contribution in [-0.4, -0.2) is 54.2 Å². The van der Waals surface area contributed by atoms with Crippen LogP contribution in [0.25, 0.3) is 0 Å². The SMILES string of the molecule is COc1ccc(NC(=O)N2CCN(c3nc(C)nc(C)c3Cc3ccccc3F)CC2)cc1. The molecule has 1 saturated heterocycles. The van der Waals surface area contributed by atoms with E-state index in [4.69, 9.17) is 9.72 Å². The van der Waals surface area contributed by atoms with Crippen LogP contribution in [-0.2, 0) is 6.42 Å². The number of hydrogen-bond donors (Lipinski definition) is 1. The van der Waals surface area contributed by atoms with E-state index < -0.39 is 0 Å². The van der Waals surface area contributed by atoms with Crippen LogP contribution >= 0.6 is 0 Å². The Morgan fingerprint density at radius 3 is 2.39 bits per heavy atom. The summed E-state index contributed by atoms with van der Waals surface area (Å²) in [6.07, 6.45) is 0.423. The van der Waals surface area contributed by atoms with Crippen molar-refractivity contribution in [2.45, 2.75) is 20.3 Å². The van der Waals surface area contributed by atoms with E-state index in [1.807, 2.05) is 44.2 Å². The number of rotatable bonds is 5. The molecular formula is C25H28FN5O2. The van der Waals surface area contributed by atoms with Crippen molar-refractivity contribution in [1.82, 2.24) is 14.9 Å². The predicted molar refractivity (Wildman–Crippen MR) is 127 cm³/mol. The first kappa shape index (κ1) is 22.5. The number of nitrogens with zero attached hydrogens (tertiary/aromatic N) is 4. The summed E-state index contributed by atoms with van der Waals surface area (Å²) in [6.45, 7) is 6.19. The highest BCUT2D eigenvalue weighted by Gasteiger charge is 2.25. The molecule has 2 aromatic carbocycles. The molecular weight excluding hydrogens is 421 g/mol. The maximum absolute atomic E-state index is 14.3. The second kappa shape index (κ2) is 9.85. The van der Waals surface area contributed by atoms with Gasteiger partial charge in [-0.05, 0) is 49.7 Å². The molecule has 0 bridgehead atoms. The first-order chi connectivity index (χ1) is 15.9. The number of piperazine rings is 1. The number of carbonyl (C=O) groups is 1. The molecule has 1 N–H and O–H groups in total. The minimum atomic E-state index is -0.233. The molecule has 2 amide bonds. The normalized spacial score (nSPS) is 13.7. The molecule has 33 heavy (non-hydrogen) atoms. The zero-order chi connectivity index (χ0) is 23.4. The third-order valence-corrected chi connectivity index (χ3v) is 5.84. The van der Waals surface area contributed by atoms with Crippen LogP contribution in [0.4, 0.5) is 20.7 Å². The highest BCUT2D eigenvalue weighted by molar-refractivity contribution is 5.89. The van der Waals surface area contributed by atoms with Gasteiger partial charge in [0, 0.05) is 49.5 Å². The van der Waals surface area contributed by atoms with E-state index in [9.17, 15) is 9.18 Å². The third kappa shape index (κ3) is 5.22. The molecule has 0 unspecified atom stereocenters. The van der Waals surface area contributed by atoms with Crippen molar-refractivity contribution < 1.29 is 13.9 Å². The van der Waals surface area contributed by atoms with Gasteiger partial charge in [-0.1, -0.05) is 18.2 Å². The molecule has 1 aliphatic heterocycles. The van der Waals surface area contributed by atoms with Gasteiger partial charge in [0.2, 0.25) is 0 Å². The predicted octanol–water partition coefficient (Wildman–Crippen LogP) is 4.19. The van der Waals surface area contributed by atoms with Gasteiger partial charge in [0.1, 0.15) is 23.2 Å². The number of urea groups is 1. The van der Waals surface area contributed by atoms with Crippen molar-refractivity contribution in [3.63, 3.8) is 0 Å². The van der Waals surface area contributed by atoms with E-state index in [1.54, 1.807) is 24.1 Å². The Morgan fingerprint density at radius 1 is 1.03 bits per heavy atom. The first-order valence-corrected chi connectivity index (χ1v) is 11.0. The quantitative estimate of drug-likeness (QED) is 0.633. The highest BCUT2D eigenvalue weighted by Crippen LogP contribution is 2.26. The maximum atomic E-state index is 14.3. The molecule has 1 aliphatic rings. The molecule has 0 saturated carbocycles.